The van der Waals surface area contributed by atoms with Crippen LogP contribution < -0.4 is 5.32 Å². The fourth-order valence-corrected chi connectivity index (χ4v) is 1.81. The van der Waals surface area contributed by atoms with E-state index in [4.69, 9.17) is 11.6 Å². The smallest absolute Gasteiger partial charge is 0.160 e. The molecule has 0 fully saturated rings. The summed E-state index contributed by atoms with van der Waals surface area (Å²) in [5.74, 6) is 0.647. The van der Waals surface area contributed by atoms with Crippen molar-refractivity contribution in [3.8, 4) is 0 Å². The molecule has 18 heavy (non-hydrogen) atoms. The van der Waals surface area contributed by atoms with Gasteiger partial charge in [-0.1, -0.05) is 29.8 Å². The molecule has 88 valence electrons. The Kier molecular flexibility index (Phi) is 2.78. The molecule has 1 aromatic carbocycles. The van der Waals surface area contributed by atoms with Gasteiger partial charge in [-0.05, 0) is 24.3 Å². The maximum absolute atomic E-state index is 5.90. The maximum atomic E-state index is 5.90. The van der Waals surface area contributed by atoms with Crippen molar-refractivity contribution in [2.24, 2.45) is 0 Å². The van der Waals surface area contributed by atoms with Gasteiger partial charge in [-0.15, -0.1) is 0 Å². The molecule has 0 amide bonds. The molecule has 2 heterocycles. The van der Waals surface area contributed by atoms with Crippen molar-refractivity contribution < 1.29 is 0 Å². The minimum absolute atomic E-state index is 0.424. The number of pyridine rings is 1. The van der Waals surface area contributed by atoms with Crippen LogP contribution in [0.1, 0.15) is 0 Å². The first-order valence-electron chi connectivity index (χ1n) is 5.42. The van der Waals surface area contributed by atoms with Gasteiger partial charge in [0.1, 0.15) is 17.0 Å². The van der Waals surface area contributed by atoms with Crippen LogP contribution in [0.2, 0.25) is 5.15 Å². The molecule has 4 nitrogen and oxygen atoms in total. The van der Waals surface area contributed by atoms with Gasteiger partial charge in [0.05, 0.1) is 5.52 Å². The highest BCUT2D eigenvalue weighted by Crippen LogP contribution is 2.22. The Hall–Kier alpha value is -2.20. The van der Waals surface area contributed by atoms with Crippen LogP contribution in [0.4, 0.5) is 11.5 Å². The van der Waals surface area contributed by atoms with E-state index in [0.717, 1.165) is 11.2 Å². The lowest BCUT2D eigenvalue weighted by atomic mass is 10.3. The molecule has 0 radical (unpaired) electrons. The van der Waals surface area contributed by atoms with Crippen LogP contribution in [-0.4, -0.2) is 15.0 Å². The highest BCUT2D eigenvalue weighted by Gasteiger charge is 2.05. The summed E-state index contributed by atoms with van der Waals surface area (Å²) in [6.45, 7) is 0. The first-order valence-corrected chi connectivity index (χ1v) is 5.80. The lowest BCUT2D eigenvalue weighted by molar-refractivity contribution is 1.19. The van der Waals surface area contributed by atoms with Gasteiger partial charge in [0.15, 0.2) is 5.82 Å². The molecule has 0 aliphatic rings. The summed E-state index contributed by atoms with van der Waals surface area (Å²) < 4.78 is 0. The third-order valence-corrected chi connectivity index (χ3v) is 2.69. The second-order valence-electron chi connectivity index (χ2n) is 3.72. The summed E-state index contributed by atoms with van der Waals surface area (Å²) in [6, 6.07) is 13.3. The van der Waals surface area contributed by atoms with Gasteiger partial charge in [0, 0.05) is 5.69 Å². The van der Waals surface area contributed by atoms with Crippen LogP contribution >= 0.6 is 11.6 Å². The van der Waals surface area contributed by atoms with Gasteiger partial charge >= 0.3 is 0 Å². The van der Waals surface area contributed by atoms with E-state index in [1.165, 1.54) is 6.33 Å². The minimum atomic E-state index is 0.424. The molecule has 3 aromatic rings. The molecule has 0 unspecified atom stereocenters. The fourth-order valence-electron chi connectivity index (χ4n) is 1.67. The molecule has 0 bridgehead atoms. The SMILES string of the molecule is Clc1ccc2ncnc(Nc3ccccc3)c2n1. The van der Waals surface area contributed by atoms with Crippen molar-refractivity contribution in [3.63, 3.8) is 0 Å². The third kappa shape index (κ3) is 2.10. The predicted molar refractivity (Wildman–Crippen MR) is 72.1 cm³/mol. The summed E-state index contributed by atoms with van der Waals surface area (Å²) in [7, 11) is 0. The number of nitrogens with one attached hydrogen (secondary N) is 1. The molecule has 5 heteroatoms. The van der Waals surface area contributed by atoms with Crippen LogP contribution in [0, 0.1) is 0 Å². The molecular weight excluding hydrogens is 248 g/mol. The second-order valence-corrected chi connectivity index (χ2v) is 4.10. The maximum Gasteiger partial charge on any atom is 0.160 e. The summed E-state index contributed by atoms with van der Waals surface area (Å²) in [6.07, 6.45) is 1.50. The molecule has 0 aliphatic heterocycles. The number of para-hydroxylation sites is 1. The largest absolute Gasteiger partial charge is 0.338 e. The van der Waals surface area contributed by atoms with Crippen LogP contribution in [-0.2, 0) is 0 Å². The highest BCUT2D eigenvalue weighted by molar-refractivity contribution is 6.29. The molecule has 0 spiro atoms. The molecular formula is C13H9ClN4. The Balaban J connectivity index is 2.09. The Morgan fingerprint density at radius 3 is 2.61 bits per heavy atom. The first kappa shape index (κ1) is 10.9. The van der Waals surface area contributed by atoms with Crippen molar-refractivity contribution in [3.05, 3.63) is 53.9 Å². The van der Waals surface area contributed by atoms with E-state index >= 15 is 0 Å². The topological polar surface area (TPSA) is 50.7 Å². The van der Waals surface area contributed by atoms with Crippen molar-refractivity contribution in [2.75, 3.05) is 5.32 Å². The first-order chi connectivity index (χ1) is 8.83. The Morgan fingerprint density at radius 2 is 1.78 bits per heavy atom. The summed E-state index contributed by atoms with van der Waals surface area (Å²) >= 11 is 5.90. The molecule has 0 saturated carbocycles. The Bertz CT molecular complexity index is 685. The number of halogens is 1. The van der Waals surface area contributed by atoms with Crippen LogP contribution in [0.5, 0.6) is 0 Å². The van der Waals surface area contributed by atoms with Gasteiger partial charge in [0.25, 0.3) is 0 Å². The molecule has 0 atom stereocenters. The number of rotatable bonds is 2. The number of fused-ring (bicyclic) bond motifs is 1. The number of anilines is 2. The van der Waals surface area contributed by atoms with E-state index in [9.17, 15) is 0 Å². The van der Waals surface area contributed by atoms with Crippen molar-refractivity contribution in [2.45, 2.75) is 0 Å². The number of benzene rings is 1. The standard InChI is InChI=1S/C13H9ClN4/c14-11-7-6-10-12(18-11)13(16-8-15-10)17-9-4-2-1-3-5-9/h1-8H,(H,15,16,17). The van der Waals surface area contributed by atoms with E-state index in [1.54, 1.807) is 6.07 Å². The van der Waals surface area contributed by atoms with Crippen molar-refractivity contribution >= 4 is 34.1 Å². The number of nitrogens with zero attached hydrogens (tertiary/aromatic N) is 3. The monoisotopic (exact) mass is 256 g/mol. The Labute approximate surface area is 109 Å². The van der Waals surface area contributed by atoms with Gasteiger partial charge in [-0.3, -0.25) is 0 Å². The minimum Gasteiger partial charge on any atom is -0.338 e. The van der Waals surface area contributed by atoms with Crippen molar-refractivity contribution in [1.29, 1.82) is 0 Å². The summed E-state index contributed by atoms with van der Waals surface area (Å²) in [4.78, 5) is 12.6. The van der Waals surface area contributed by atoms with E-state index in [0.29, 0.717) is 16.5 Å². The molecule has 2 aromatic heterocycles. The highest BCUT2D eigenvalue weighted by atomic mass is 35.5. The number of aromatic nitrogens is 3. The van der Waals surface area contributed by atoms with E-state index in [1.807, 2.05) is 36.4 Å². The zero-order valence-electron chi connectivity index (χ0n) is 9.34. The zero-order valence-corrected chi connectivity index (χ0v) is 10.1. The quantitative estimate of drug-likeness (QED) is 0.714. The summed E-state index contributed by atoms with van der Waals surface area (Å²) in [5.41, 5.74) is 2.36. The lowest BCUT2D eigenvalue weighted by Crippen LogP contribution is -1.97. The second kappa shape index (κ2) is 4.58. The van der Waals surface area contributed by atoms with Crippen LogP contribution in [0.3, 0.4) is 0 Å². The lowest BCUT2D eigenvalue weighted by Gasteiger charge is -2.07. The van der Waals surface area contributed by atoms with Gasteiger partial charge < -0.3 is 5.32 Å². The summed E-state index contributed by atoms with van der Waals surface area (Å²) in [5, 5.41) is 3.63. The third-order valence-electron chi connectivity index (χ3n) is 2.48. The average Bonchev–Trinajstić information content (AvgIpc) is 2.41. The van der Waals surface area contributed by atoms with Gasteiger partial charge in [-0.2, -0.15) is 0 Å². The molecule has 0 aliphatic carbocycles. The van der Waals surface area contributed by atoms with Gasteiger partial charge in [-0.25, -0.2) is 15.0 Å². The molecule has 1 N–H and O–H groups in total. The Morgan fingerprint density at radius 1 is 0.944 bits per heavy atom. The van der Waals surface area contributed by atoms with Crippen molar-refractivity contribution in [1.82, 2.24) is 15.0 Å². The average molecular weight is 257 g/mol. The van der Waals surface area contributed by atoms with E-state index in [2.05, 4.69) is 20.3 Å². The van der Waals surface area contributed by atoms with Crippen LogP contribution in [0.15, 0.2) is 48.8 Å². The fraction of sp³-hybridized carbons (Fsp3) is 0. The van der Waals surface area contributed by atoms with Crippen LogP contribution in [0.25, 0.3) is 11.0 Å². The molecule has 0 saturated heterocycles. The van der Waals surface area contributed by atoms with Gasteiger partial charge in [0.2, 0.25) is 0 Å². The van der Waals surface area contributed by atoms with E-state index < -0.39 is 0 Å². The molecule has 3 rings (SSSR count). The normalized spacial score (nSPS) is 10.5. The predicted octanol–water partition coefficient (Wildman–Crippen LogP) is 3.42. The number of hydrogen-bond acceptors (Lipinski definition) is 4. The number of hydrogen-bond donors (Lipinski definition) is 1. The zero-order chi connectivity index (χ0) is 12.4. The van der Waals surface area contributed by atoms with E-state index in [-0.39, 0.29) is 0 Å².